The molecule has 1 saturated heterocycles. The number of aliphatic carboxylic acids is 1. The van der Waals surface area contributed by atoms with Crippen molar-refractivity contribution < 1.29 is 24.3 Å². The predicted molar refractivity (Wildman–Crippen MR) is 68.8 cm³/mol. The Morgan fingerprint density at radius 3 is 2.70 bits per heavy atom. The van der Waals surface area contributed by atoms with E-state index in [9.17, 15) is 19.2 Å². The lowest BCUT2D eigenvalue weighted by Gasteiger charge is -2.32. The summed E-state index contributed by atoms with van der Waals surface area (Å²) in [5, 5.41) is 13.5. The number of carboxylic acids is 1. The van der Waals surface area contributed by atoms with Gasteiger partial charge in [0.1, 0.15) is 18.6 Å². The molecule has 0 aliphatic carbocycles. The highest BCUT2D eigenvalue weighted by Gasteiger charge is 2.34. The number of amides is 4. The van der Waals surface area contributed by atoms with Crippen LogP contribution in [0.3, 0.4) is 0 Å². The third kappa shape index (κ3) is 3.94. The molecule has 0 spiro atoms. The zero-order chi connectivity index (χ0) is 15.3. The van der Waals surface area contributed by atoms with Crippen LogP contribution < -0.4 is 10.6 Å². The van der Waals surface area contributed by atoms with Crippen LogP contribution in [0.1, 0.15) is 33.1 Å². The van der Waals surface area contributed by atoms with Gasteiger partial charge in [-0.3, -0.25) is 14.9 Å². The first-order chi connectivity index (χ1) is 9.36. The molecule has 1 heterocycles. The van der Waals surface area contributed by atoms with Crippen LogP contribution in [0.2, 0.25) is 0 Å². The molecule has 0 aromatic heterocycles. The molecule has 2 atom stereocenters. The highest BCUT2D eigenvalue weighted by Crippen LogP contribution is 2.07. The van der Waals surface area contributed by atoms with E-state index in [0.717, 1.165) is 11.3 Å². The van der Waals surface area contributed by atoms with E-state index in [1.165, 1.54) is 6.92 Å². The van der Waals surface area contributed by atoms with Gasteiger partial charge < -0.3 is 15.3 Å². The number of carbonyl (C=O) groups excluding carboxylic acids is 3. The number of carbonyl (C=O) groups is 4. The summed E-state index contributed by atoms with van der Waals surface area (Å²) in [6.07, 6.45) is 1.77. The van der Waals surface area contributed by atoms with E-state index in [0.29, 0.717) is 12.8 Å². The molecule has 8 heteroatoms. The lowest BCUT2D eigenvalue weighted by molar-refractivity contribution is -0.139. The Bertz CT molecular complexity index is 423. The first-order valence-electron chi connectivity index (χ1n) is 6.50. The van der Waals surface area contributed by atoms with E-state index in [-0.39, 0.29) is 6.54 Å². The van der Waals surface area contributed by atoms with Gasteiger partial charge in [-0.15, -0.1) is 0 Å². The lowest BCUT2D eigenvalue weighted by atomic mass is 10.1. The van der Waals surface area contributed by atoms with E-state index in [2.05, 4.69) is 10.6 Å². The topological polar surface area (TPSA) is 116 Å². The van der Waals surface area contributed by atoms with Crippen LogP contribution >= 0.6 is 0 Å². The van der Waals surface area contributed by atoms with Gasteiger partial charge in [0.15, 0.2) is 0 Å². The van der Waals surface area contributed by atoms with Gasteiger partial charge in [-0.2, -0.15) is 0 Å². The van der Waals surface area contributed by atoms with Crippen LogP contribution in [0, 0.1) is 0 Å². The number of hydrogen-bond acceptors (Lipinski definition) is 4. The minimum absolute atomic E-state index is 0.265. The number of hydrogen-bond donors (Lipinski definition) is 3. The van der Waals surface area contributed by atoms with Gasteiger partial charge in [0.25, 0.3) is 0 Å². The minimum Gasteiger partial charge on any atom is -0.480 e. The molecular formula is C12H19N3O5. The summed E-state index contributed by atoms with van der Waals surface area (Å²) in [6.45, 7) is 3.12. The van der Waals surface area contributed by atoms with Crippen LogP contribution in [-0.2, 0) is 14.4 Å². The zero-order valence-corrected chi connectivity index (χ0v) is 11.5. The second kappa shape index (κ2) is 6.88. The van der Waals surface area contributed by atoms with Gasteiger partial charge in [0, 0.05) is 0 Å². The van der Waals surface area contributed by atoms with Crippen molar-refractivity contribution >= 4 is 23.8 Å². The molecule has 4 amide bonds. The van der Waals surface area contributed by atoms with Crippen molar-refractivity contribution in [3.8, 4) is 0 Å². The maximum Gasteiger partial charge on any atom is 0.326 e. The summed E-state index contributed by atoms with van der Waals surface area (Å²) >= 11 is 0. The number of carboxylic acid groups (broad SMARTS) is 1. The molecule has 112 valence electrons. The molecule has 0 saturated carbocycles. The molecule has 20 heavy (non-hydrogen) atoms. The van der Waals surface area contributed by atoms with E-state index < -0.39 is 35.9 Å². The van der Waals surface area contributed by atoms with Crippen LogP contribution in [-0.4, -0.2) is 52.4 Å². The summed E-state index contributed by atoms with van der Waals surface area (Å²) < 4.78 is 0. The van der Waals surface area contributed by atoms with Crippen molar-refractivity contribution in [1.82, 2.24) is 15.5 Å². The molecule has 1 fully saturated rings. The number of unbranched alkanes of at least 4 members (excludes halogenated alkanes) is 1. The molecule has 2 unspecified atom stereocenters. The first-order valence-corrected chi connectivity index (χ1v) is 6.50. The van der Waals surface area contributed by atoms with Crippen LogP contribution in [0.4, 0.5) is 4.79 Å². The van der Waals surface area contributed by atoms with E-state index in [4.69, 9.17) is 5.11 Å². The fraction of sp³-hybridized carbons (Fsp3) is 0.667. The van der Waals surface area contributed by atoms with Gasteiger partial charge in [-0.25, -0.2) is 9.59 Å². The van der Waals surface area contributed by atoms with E-state index in [1.54, 1.807) is 0 Å². The molecule has 8 nitrogen and oxygen atoms in total. The third-order valence-electron chi connectivity index (χ3n) is 3.13. The Morgan fingerprint density at radius 2 is 2.15 bits per heavy atom. The largest absolute Gasteiger partial charge is 0.480 e. The number of nitrogens with zero attached hydrogens (tertiary/aromatic N) is 1. The molecule has 0 aromatic carbocycles. The van der Waals surface area contributed by atoms with Crippen molar-refractivity contribution in [3.05, 3.63) is 0 Å². The fourth-order valence-electron chi connectivity index (χ4n) is 1.86. The van der Waals surface area contributed by atoms with E-state index >= 15 is 0 Å². The molecule has 1 aliphatic rings. The SMILES string of the molecule is CCCCC(NC(=O)N1CC(=O)NC(=O)C1C)C(=O)O. The first kappa shape index (κ1) is 15.9. The molecule has 0 aromatic rings. The van der Waals surface area contributed by atoms with Gasteiger partial charge in [0.2, 0.25) is 11.8 Å². The number of imide groups is 1. The molecule has 1 aliphatic heterocycles. The second-order valence-electron chi connectivity index (χ2n) is 4.70. The van der Waals surface area contributed by atoms with Crippen molar-refractivity contribution in [1.29, 1.82) is 0 Å². The van der Waals surface area contributed by atoms with Crippen molar-refractivity contribution in [2.75, 3.05) is 6.54 Å². The summed E-state index contributed by atoms with van der Waals surface area (Å²) in [5.74, 6) is -2.28. The average Bonchev–Trinajstić information content (AvgIpc) is 2.38. The van der Waals surface area contributed by atoms with Gasteiger partial charge in [-0.1, -0.05) is 19.8 Å². The maximum atomic E-state index is 12.0. The predicted octanol–water partition coefficient (Wildman–Crippen LogP) is -0.314. The van der Waals surface area contributed by atoms with Gasteiger partial charge >= 0.3 is 12.0 Å². The highest BCUT2D eigenvalue weighted by atomic mass is 16.4. The standard InChI is InChI=1S/C12H19N3O5/c1-3-4-5-8(11(18)19)13-12(20)15-6-9(16)14-10(17)7(15)2/h7-8H,3-6H2,1-2H3,(H,13,20)(H,18,19)(H,14,16,17). The normalized spacial score (nSPS) is 20.3. The van der Waals surface area contributed by atoms with Crippen molar-refractivity contribution in [2.45, 2.75) is 45.2 Å². The molecule has 0 bridgehead atoms. The van der Waals surface area contributed by atoms with Crippen LogP contribution in [0.15, 0.2) is 0 Å². The lowest BCUT2D eigenvalue weighted by Crippen LogP contribution is -2.61. The summed E-state index contributed by atoms with van der Waals surface area (Å²) in [4.78, 5) is 46.8. The summed E-state index contributed by atoms with van der Waals surface area (Å²) in [5.41, 5.74) is 0. The Morgan fingerprint density at radius 1 is 1.50 bits per heavy atom. The summed E-state index contributed by atoms with van der Waals surface area (Å²) in [7, 11) is 0. The molecule has 3 N–H and O–H groups in total. The quantitative estimate of drug-likeness (QED) is 0.599. The van der Waals surface area contributed by atoms with Gasteiger partial charge in [-0.05, 0) is 13.3 Å². The van der Waals surface area contributed by atoms with Crippen molar-refractivity contribution in [3.63, 3.8) is 0 Å². The highest BCUT2D eigenvalue weighted by molar-refractivity contribution is 6.04. The van der Waals surface area contributed by atoms with Gasteiger partial charge in [0.05, 0.1) is 0 Å². The Hall–Kier alpha value is -2.12. The Balaban J connectivity index is 2.69. The molecule has 1 rings (SSSR count). The van der Waals surface area contributed by atoms with Crippen LogP contribution in [0.5, 0.6) is 0 Å². The van der Waals surface area contributed by atoms with E-state index in [1.807, 2.05) is 6.92 Å². The third-order valence-corrected chi connectivity index (χ3v) is 3.13. The zero-order valence-electron chi connectivity index (χ0n) is 11.5. The summed E-state index contributed by atoms with van der Waals surface area (Å²) in [6, 6.07) is -2.55. The van der Waals surface area contributed by atoms with Crippen LogP contribution in [0.25, 0.3) is 0 Å². The fourth-order valence-corrected chi connectivity index (χ4v) is 1.86. The number of urea groups is 1. The molecule has 0 radical (unpaired) electrons. The second-order valence-corrected chi connectivity index (χ2v) is 4.70. The minimum atomic E-state index is -1.13. The molecular weight excluding hydrogens is 266 g/mol. The average molecular weight is 285 g/mol. The monoisotopic (exact) mass is 285 g/mol. The number of piperazine rings is 1. The Kier molecular flexibility index (Phi) is 5.48. The smallest absolute Gasteiger partial charge is 0.326 e. The maximum absolute atomic E-state index is 12.0. The number of nitrogens with one attached hydrogen (secondary N) is 2. The van der Waals surface area contributed by atoms with Crippen molar-refractivity contribution in [2.24, 2.45) is 0 Å². The Labute approximate surface area is 116 Å². The number of rotatable bonds is 5.